The van der Waals surface area contributed by atoms with E-state index >= 15 is 0 Å². The quantitative estimate of drug-likeness (QED) is 0.221. The Bertz CT molecular complexity index is 1040. The van der Waals surface area contributed by atoms with Crippen molar-refractivity contribution in [2.45, 2.75) is 104 Å². The van der Waals surface area contributed by atoms with E-state index in [9.17, 15) is 33.6 Å². The molecule has 17 nitrogen and oxygen atoms in total. The molecule has 0 unspecified atom stereocenters. The van der Waals surface area contributed by atoms with Crippen molar-refractivity contribution in [3.05, 3.63) is 0 Å². The molecule has 0 spiro atoms. The van der Waals surface area contributed by atoms with Crippen LogP contribution in [0.15, 0.2) is 0 Å². The summed E-state index contributed by atoms with van der Waals surface area (Å²) in [6.45, 7) is 6.56. The highest BCUT2D eigenvalue weighted by Crippen LogP contribution is 2.31. The Labute approximate surface area is 240 Å². The Morgan fingerprint density at radius 1 is 0.500 bits per heavy atom. The largest absolute Gasteiger partial charge is 0.456 e. The van der Waals surface area contributed by atoms with E-state index < -0.39 is 104 Å². The summed E-state index contributed by atoms with van der Waals surface area (Å²) in [7, 11) is 0. The lowest BCUT2D eigenvalue weighted by molar-refractivity contribution is -0.319. The third-order valence-corrected chi connectivity index (χ3v) is 5.51. The van der Waals surface area contributed by atoms with Crippen LogP contribution in [0, 0.1) is 0 Å². The molecule has 0 N–H and O–H groups in total. The average molecular weight is 607 g/mol. The number of hydrogen-bond acceptors (Lipinski definition) is 17. The van der Waals surface area contributed by atoms with Crippen LogP contribution in [0.3, 0.4) is 0 Å². The van der Waals surface area contributed by atoms with Crippen LogP contribution >= 0.6 is 0 Å². The maximum atomic E-state index is 12.0. The predicted molar refractivity (Wildman–Crippen MR) is 129 cm³/mol. The van der Waals surface area contributed by atoms with Crippen LogP contribution in [0.25, 0.3) is 0 Å². The van der Waals surface area contributed by atoms with Crippen LogP contribution < -0.4 is 0 Å². The third kappa shape index (κ3) is 10.2. The van der Waals surface area contributed by atoms with Gasteiger partial charge in [0.25, 0.3) is 0 Å². The maximum Gasteiger partial charge on any atom is 0.305 e. The molecule has 0 saturated carbocycles. The Balaban J connectivity index is 2.42. The molecule has 236 valence electrons. The number of carbonyl (C=O) groups is 7. The van der Waals surface area contributed by atoms with E-state index in [0.29, 0.717) is 0 Å². The minimum atomic E-state index is -1.64. The molecule has 2 aliphatic rings. The highest BCUT2D eigenvalue weighted by molar-refractivity contribution is 5.70. The topological polar surface area (TPSA) is 212 Å². The zero-order chi connectivity index (χ0) is 31.7. The number of carbonyl (C=O) groups excluding carboxylic acids is 7. The lowest BCUT2D eigenvalue weighted by Gasteiger charge is -2.44. The van der Waals surface area contributed by atoms with Crippen LogP contribution in [0.5, 0.6) is 0 Å². The zero-order valence-electron chi connectivity index (χ0n) is 24.1. The van der Waals surface area contributed by atoms with Gasteiger partial charge in [-0.2, -0.15) is 0 Å². The third-order valence-electron chi connectivity index (χ3n) is 5.51. The van der Waals surface area contributed by atoms with Crippen LogP contribution in [0.4, 0.5) is 0 Å². The van der Waals surface area contributed by atoms with Crippen molar-refractivity contribution in [3.63, 3.8) is 0 Å². The molecule has 0 bridgehead atoms. The Hall–Kier alpha value is -3.83. The Kier molecular flexibility index (Phi) is 12.6. The van der Waals surface area contributed by atoms with Gasteiger partial charge >= 0.3 is 41.8 Å². The minimum Gasteiger partial charge on any atom is -0.456 e. The second-order valence-corrected chi connectivity index (χ2v) is 9.21. The molecule has 2 heterocycles. The molecule has 9 atom stereocenters. The van der Waals surface area contributed by atoms with Crippen molar-refractivity contribution in [1.29, 1.82) is 0 Å². The lowest BCUT2D eigenvalue weighted by Crippen LogP contribution is -2.64. The lowest BCUT2D eigenvalue weighted by atomic mass is 9.98. The molecule has 42 heavy (non-hydrogen) atoms. The average Bonchev–Trinajstić information content (AvgIpc) is 2.82. The van der Waals surface area contributed by atoms with Gasteiger partial charge in [-0.25, -0.2) is 0 Å². The van der Waals surface area contributed by atoms with E-state index in [2.05, 4.69) is 0 Å². The summed E-state index contributed by atoms with van der Waals surface area (Å²) in [5.74, 6) is -5.74. The first-order valence-corrected chi connectivity index (χ1v) is 12.7. The van der Waals surface area contributed by atoms with Gasteiger partial charge in [0.15, 0.2) is 36.8 Å². The van der Waals surface area contributed by atoms with Gasteiger partial charge in [-0.1, -0.05) is 0 Å². The SMILES string of the molecule is CC(=O)O[C@@H]1O[C@H](CO[C@H]2OC[C@H](OC(C)=O)[C@@H](OC(C)=O)[C@@H]2OC(C)=O)[C@@H](OC(C)=O)[C@H](OC(C)=O)[C@H]1OC(C)=O. The monoisotopic (exact) mass is 606 g/mol. The first-order valence-electron chi connectivity index (χ1n) is 12.7. The summed E-state index contributed by atoms with van der Waals surface area (Å²) < 4.78 is 53.9. The zero-order valence-corrected chi connectivity index (χ0v) is 24.1. The fourth-order valence-electron chi connectivity index (χ4n) is 4.29. The van der Waals surface area contributed by atoms with Crippen LogP contribution in [-0.2, 0) is 80.9 Å². The van der Waals surface area contributed by atoms with Gasteiger partial charge < -0.3 is 47.4 Å². The van der Waals surface area contributed by atoms with Crippen molar-refractivity contribution in [1.82, 2.24) is 0 Å². The highest BCUT2D eigenvalue weighted by Gasteiger charge is 2.54. The van der Waals surface area contributed by atoms with E-state index in [1.807, 2.05) is 0 Å². The molecule has 0 aromatic rings. The van der Waals surface area contributed by atoms with Crippen LogP contribution in [0.1, 0.15) is 48.5 Å². The van der Waals surface area contributed by atoms with Crippen LogP contribution in [0.2, 0.25) is 0 Å². The summed E-state index contributed by atoms with van der Waals surface area (Å²) >= 11 is 0. The van der Waals surface area contributed by atoms with Gasteiger partial charge in [-0.05, 0) is 0 Å². The molecule has 2 saturated heterocycles. The van der Waals surface area contributed by atoms with Crippen molar-refractivity contribution in [2.24, 2.45) is 0 Å². The molecule has 2 rings (SSSR count). The fraction of sp³-hybridized carbons (Fsp3) is 0.720. The van der Waals surface area contributed by atoms with E-state index in [-0.39, 0.29) is 6.61 Å². The second kappa shape index (κ2) is 15.4. The van der Waals surface area contributed by atoms with E-state index in [0.717, 1.165) is 48.5 Å². The van der Waals surface area contributed by atoms with Crippen molar-refractivity contribution in [2.75, 3.05) is 13.2 Å². The molecule has 0 aromatic heterocycles. The van der Waals surface area contributed by atoms with Gasteiger partial charge in [-0.15, -0.1) is 0 Å². The van der Waals surface area contributed by atoms with Crippen LogP contribution in [-0.4, -0.2) is 110 Å². The summed E-state index contributed by atoms with van der Waals surface area (Å²) in [4.78, 5) is 82.9. The molecule has 0 radical (unpaired) electrons. The van der Waals surface area contributed by atoms with Gasteiger partial charge in [-0.3, -0.25) is 33.6 Å². The van der Waals surface area contributed by atoms with E-state index in [1.54, 1.807) is 0 Å². The number of ether oxygens (including phenoxy) is 10. The van der Waals surface area contributed by atoms with Gasteiger partial charge in [0.2, 0.25) is 12.4 Å². The molecular weight excluding hydrogens is 572 g/mol. The van der Waals surface area contributed by atoms with Gasteiger partial charge in [0, 0.05) is 48.5 Å². The second-order valence-electron chi connectivity index (χ2n) is 9.21. The predicted octanol–water partition coefficient (Wildman–Crippen LogP) is -0.762. The fourth-order valence-corrected chi connectivity index (χ4v) is 4.29. The number of rotatable bonds is 10. The van der Waals surface area contributed by atoms with Crippen molar-refractivity contribution >= 4 is 41.8 Å². The summed E-state index contributed by atoms with van der Waals surface area (Å²) in [5, 5.41) is 0. The number of hydrogen-bond donors (Lipinski definition) is 0. The molecule has 2 aliphatic heterocycles. The minimum absolute atomic E-state index is 0.348. The maximum absolute atomic E-state index is 12.0. The summed E-state index contributed by atoms with van der Waals surface area (Å²) in [5.41, 5.74) is 0. The first kappa shape index (κ1) is 34.4. The smallest absolute Gasteiger partial charge is 0.305 e. The van der Waals surface area contributed by atoms with Crippen molar-refractivity contribution < 1.29 is 80.9 Å². The van der Waals surface area contributed by atoms with Gasteiger partial charge in [0.05, 0.1) is 13.2 Å². The highest BCUT2D eigenvalue weighted by atomic mass is 16.8. The molecular formula is C25H34O17. The van der Waals surface area contributed by atoms with Crippen molar-refractivity contribution in [3.8, 4) is 0 Å². The van der Waals surface area contributed by atoms with Gasteiger partial charge in [0.1, 0.15) is 6.10 Å². The first-order chi connectivity index (χ1) is 19.6. The van der Waals surface area contributed by atoms with E-state index in [1.165, 1.54) is 0 Å². The molecule has 0 amide bonds. The Morgan fingerprint density at radius 2 is 0.905 bits per heavy atom. The summed E-state index contributed by atoms with van der Waals surface area (Å²) in [6, 6.07) is 0. The number of esters is 7. The molecule has 17 heteroatoms. The molecule has 0 aliphatic carbocycles. The Morgan fingerprint density at radius 3 is 1.38 bits per heavy atom. The standard InChI is InChI=1S/C25H34O17/c1-10(26)35-17-8-33-24(22(39-14(5)30)20(17)37-12(3)28)34-9-18-19(36-11(2)27)21(38-13(4)29)23(40-15(6)31)25(42-18)41-16(7)32/h17-25H,8-9H2,1-7H3/t17-,18+,19+,20+,21-,22-,23+,24+,25+/m0/s1. The van der Waals surface area contributed by atoms with E-state index in [4.69, 9.17) is 47.4 Å². The summed E-state index contributed by atoms with van der Waals surface area (Å²) in [6.07, 6.45) is -13.0. The molecule has 0 aromatic carbocycles. The normalized spacial score (nSPS) is 30.6. The molecule has 2 fully saturated rings.